The van der Waals surface area contributed by atoms with Crippen molar-refractivity contribution >= 4 is 10.0 Å². The van der Waals surface area contributed by atoms with E-state index in [1.807, 2.05) is 13.0 Å². The fourth-order valence-electron chi connectivity index (χ4n) is 3.34. The van der Waals surface area contributed by atoms with Crippen molar-refractivity contribution in [1.29, 1.82) is 0 Å². The Hall–Kier alpha value is -1.21. The fourth-order valence-corrected chi connectivity index (χ4v) is 4.91. The quantitative estimate of drug-likeness (QED) is 0.649. The van der Waals surface area contributed by atoms with Crippen LogP contribution in [0.15, 0.2) is 40.8 Å². The molecule has 2 aliphatic heterocycles. The zero-order valence-electron chi connectivity index (χ0n) is 11.6. The van der Waals surface area contributed by atoms with E-state index in [0.717, 1.165) is 11.1 Å². The molecule has 0 spiro atoms. The van der Waals surface area contributed by atoms with Crippen LogP contribution in [0.3, 0.4) is 0 Å². The van der Waals surface area contributed by atoms with Crippen LogP contribution in [0.2, 0.25) is 0 Å². The van der Waals surface area contributed by atoms with Gasteiger partial charge in [0, 0.05) is 6.54 Å². The average Bonchev–Trinajstić information content (AvgIpc) is 3.14. The Morgan fingerprint density at radius 1 is 1.29 bits per heavy atom. The minimum absolute atomic E-state index is 0.0861. The number of benzene rings is 1. The van der Waals surface area contributed by atoms with Gasteiger partial charge in [0.15, 0.2) is 0 Å². The van der Waals surface area contributed by atoms with E-state index in [9.17, 15) is 13.5 Å². The number of ether oxygens (including phenoxy) is 1. The number of nitrogens with zero attached hydrogens (tertiary/aromatic N) is 1. The van der Waals surface area contributed by atoms with E-state index < -0.39 is 16.1 Å². The number of sulfonamides is 1. The van der Waals surface area contributed by atoms with Crippen LogP contribution in [-0.2, 0) is 14.8 Å². The van der Waals surface area contributed by atoms with Crippen molar-refractivity contribution in [3.05, 3.63) is 41.5 Å². The van der Waals surface area contributed by atoms with Crippen molar-refractivity contribution < 1.29 is 18.3 Å². The zero-order chi connectivity index (χ0) is 14.8. The summed E-state index contributed by atoms with van der Waals surface area (Å²) in [5.74, 6) is 0. The zero-order valence-corrected chi connectivity index (χ0v) is 12.5. The second-order valence-corrected chi connectivity index (χ2v) is 7.82. The smallest absolute Gasteiger partial charge is 0.243 e. The van der Waals surface area contributed by atoms with E-state index in [4.69, 9.17) is 4.74 Å². The van der Waals surface area contributed by atoms with Gasteiger partial charge in [-0.15, -0.1) is 0 Å². The molecule has 21 heavy (non-hydrogen) atoms. The number of epoxide rings is 1. The van der Waals surface area contributed by atoms with Gasteiger partial charge in [0.1, 0.15) is 12.2 Å². The highest BCUT2D eigenvalue weighted by molar-refractivity contribution is 7.89. The highest BCUT2D eigenvalue weighted by atomic mass is 32.2. The summed E-state index contributed by atoms with van der Waals surface area (Å²) in [5.41, 5.74) is 2.04. The van der Waals surface area contributed by atoms with Crippen LogP contribution < -0.4 is 0 Å². The molecule has 0 radical (unpaired) electrons. The Labute approximate surface area is 123 Å². The molecule has 1 aromatic carbocycles. The van der Waals surface area contributed by atoms with Crippen molar-refractivity contribution in [3.8, 4) is 0 Å². The molecule has 112 valence electrons. The molecule has 3 aliphatic rings. The standard InChI is InChI=1S/C15H17NO4S/c1-9-2-4-10(5-3-9)21(18,19)16-7-6-11-12(16)8-13(17)15-14(11)20-15/h2-6,12-15,17H,7-8H2,1H3/t12-,13+,14-,15+/m1/s1. The number of hydrogen-bond donors (Lipinski definition) is 1. The molecule has 2 fully saturated rings. The number of hydrogen-bond acceptors (Lipinski definition) is 4. The van der Waals surface area contributed by atoms with Gasteiger partial charge >= 0.3 is 0 Å². The summed E-state index contributed by atoms with van der Waals surface area (Å²) in [4.78, 5) is 0.302. The van der Waals surface area contributed by atoms with E-state index in [2.05, 4.69) is 0 Å². The van der Waals surface area contributed by atoms with Crippen molar-refractivity contribution in [2.45, 2.75) is 42.6 Å². The molecular weight excluding hydrogens is 290 g/mol. The lowest BCUT2D eigenvalue weighted by Gasteiger charge is -2.30. The number of aliphatic hydroxyl groups excluding tert-OH is 1. The third kappa shape index (κ3) is 1.97. The van der Waals surface area contributed by atoms with Gasteiger partial charge in [-0.05, 0) is 31.1 Å². The van der Waals surface area contributed by atoms with Gasteiger partial charge in [-0.3, -0.25) is 0 Å². The first-order valence-electron chi connectivity index (χ1n) is 7.10. The predicted octanol–water partition coefficient (Wildman–Crippen LogP) is 0.826. The molecule has 4 atom stereocenters. The third-order valence-electron chi connectivity index (χ3n) is 4.56. The van der Waals surface area contributed by atoms with Crippen LogP contribution in [0, 0.1) is 6.92 Å². The predicted molar refractivity (Wildman–Crippen MR) is 76.2 cm³/mol. The summed E-state index contributed by atoms with van der Waals surface area (Å²) in [6.45, 7) is 2.28. The van der Waals surface area contributed by atoms with E-state index in [1.165, 1.54) is 4.31 Å². The Morgan fingerprint density at radius 3 is 2.71 bits per heavy atom. The Bertz CT molecular complexity index is 710. The molecule has 6 heteroatoms. The first kappa shape index (κ1) is 13.5. The minimum Gasteiger partial charge on any atom is -0.390 e. The van der Waals surface area contributed by atoms with Crippen molar-refractivity contribution in [2.24, 2.45) is 0 Å². The molecule has 2 heterocycles. The molecule has 1 aliphatic carbocycles. The fraction of sp³-hybridized carbons (Fsp3) is 0.467. The van der Waals surface area contributed by atoms with Crippen LogP contribution in [0.25, 0.3) is 0 Å². The molecule has 1 saturated carbocycles. The average molecular weight is 307 g/mol. The number of fused-ring (bicyclic) bond motifs is 3. The molecular formula is C15H17NO4S. The Kier molecular flexibility index (Phi) is 2.81. The molecule has 0 bridgehead atoms. The number of aryl methyl sites for hydroxylation is 1. The molecule has 0 amide bonds. The van der Waals surface area contributed by atoms with E-state index >= 15 is 0 Å². The third-order valence-corrected chi connectivity index (χ3v) is 6.45. The Balaban J connectivity index is 1.66. The van der Waals surface area contributed by atoms with Gasteiger partial charge in [0.05, 0.1) is 17.0 Å². The van der Waals surface area contributed by atoms with E-state index in [0.29, 0.717) is 17.9 Å². The maximum Gasteiger partial charge on any atom is 0.243 e. The van der Waals surface area contributed by atoms with Gasteiger partial charge in [-0.2, -0.15) is 4.31 Å². The number of aliphatic hydroxyl groups is 1. The maximum atomic E-state index is 12.8. The lowest BCUT2D eigenvalue weighted by molar-refractivity contribution is 0.111. The van der Waals surface area contributed by atoms with Crippen LogP contribution in [0.5, 0.6) is 0 Å². The van der Waals surface area contributed by atoms with Crippen molar-refractivity contribution in [1.82, 2.24) is 4.31 Å². The summed E-state index contributed by atoms with van der Waals surface area (Å²) in [7, 11) is -3.54. The van der Waals surface area contributed by atoms with Gasteiger partial charge in [0.2, 0.25) is 10.0 Å². The molecule has 5 nitrogen and oxygen atoms in total. The molecule has 1 saturated heterocycles. The van der Waals surface area contributed by atoms with Crippen LogP contribution in [-0.4, -0.2) is 48.7 Å². The highest BCUT2D eigenvalue weighted by Crippen LogP contribution is 2.45. The van der Waals surface area contributed by atoms with Crippen molar-refractivity contribution in [2.75, 3.05) is 6.54 Å². The summed E-state index contributed by atoms with van der Waals surface area (Å²) < 4.78 is 32.5. The summed E-state index contributed by atoms with van der Waals surface area (Å²) in [6.07, 6.45) is 1.56. The van der Waals surface area contributed by atoms with Gasteiger partial charge in [-0.1, -0.05) is 23.8 Å². The SMILES string of the molecule is Cc1ccc(S(=O)(=O)N2CC=C3[C@H]4O[C@H]4[C@@H](O)C[C@H]32)cc1. The van der Waals surface area contributed by atoms with Crippen LogP contribution in [0.4, 0.5) is 0 Å². The first-order chi connectivity index (χ1) is 9.98. The summed E-state index contributed by atoms with van der Waals surface area (Å²) >= 11 is 0. The van der Waals surface area contributed by atoms with Gasteiger partial charge in [0.25, 0.3) is 0 Å². The first-order valence-corrected chi connectivity index (χ1v) is 8.54. The summed E-state index contributed by atoms with van der Waals surface area (Å²) in [6, 6.07) is 6.60. The Morgan fingerprint density at radius 2 is 2.00 bits per heavy atom. The molecule has 1 aromatic rings. The van der Waals surface area contributed by atoms with Gasteiger partial charge in [-0.25, -0.2) is 8.42 Å². The molecule has 0 aromatic heterocycles. The van der Waals surface area contributed by atoms with Crippen LogP contribution >= 0.6 is 0 Å². The van der Waals surface area contributed by atoms with Crippen LogP contribution in [0.1, 0.15) is 12.0 Å². The second kappa shape index (κ2) is 4.39. The minimum atomic E-state index is -3.54. The molecule has 1 N–H and O–H groups in total. The number of rotatable bonds is 2. The monoisotopic (exact) mass is 307 g/mol. The largest absolute Gasteiger partial charge is 0.390 e. The summed E-state index contributed by atoms with van der Waals surface area (Å²) in [5, 5.41) is 9.98. The lowest BCUT2D eigenvalue weighted by Crippen LogP contribution is -2.43. The molecule has 4 rings (SSSR count). The van der Waals surface area contributed by atoms with E-state index in [-0.39, 0.29) is 18.2 Å². The normalized spacial score (nSPS) is 35.0. The highest BCUT2D eigenvalue weighted by Gasteiger charge is 2.57. The molecule has 0 unspecified atom stereocenters. The van der Waals surface area contributed by atoms with E-state index in [1.54, 1.807) is 24.3 Å². The van der Waals surface area contributed by atoms with Gasteiger partial charge < -0.3 is 9.84 Å². The lowest BCUT2D eigenvalue weighted by atomic mass is 9.90. The van der Waals surface area contributed by atoms with Crippen molar-refractivity contribution in [3.63, 3.8) is 0 Å². The second-order valence-electron chi connectivity index (χ2n) is 5.93. The topological polar surface area (TPSA) is 70.1 Å². The maximum absolute atomic E-state index is 12.8.